The van der Waals surface area contributed by atoms with Gasteiger partial charge in [0.1, 0.15) is 23.0 Å². The predicted molar refractivity (Wildman–Crippen MR) is 107 cm³/mol. The summed E-state index contributed by atoms with van der Waals surface area (Å²) in [4.78, 5) is 18.3. The number of ether oxygens (including phenoxy) is 2. The number of aromatic nitrogens is 2. The van der Waals surface area contributed by atoms with Crippen molar-refractivity contribution in [3.8, 4) is 22.6 Å². The van der Waals surface area contributed by atoms with Crippen LogP contribution in [0.2, 0.25) is 0 Å². The Balaban J connectivity index is 1.94. The molecule has 3 heterocycles. The summed E-state index contributed by atoms with van der Waals surface area (Å²) in [6, 6.07) is 5.15. The highest BCUT2D eigenvalue weighted by molar-refractivity contribution is 5.97. The Hall–Kier alpha value is -3.36. The zero-order valence-corrected chi connectivity index (χ0v) is 16.2. The molecule has 0 saturated carbocycles. The maximum absolute atomic E-state index is 13.3. The first kappa shape index (κ1) is 19.0. The van der Waals surface area contributed by atoms with Crippen LogP contribution < -0.4 is 25.7 Å². The number of hydrogen-bond acceptors (Lipinski definition) is 6. The summed E-state index contributed by atoms with van der Waals surface area (Å²) in [5, 5.41) is 0.984. The molecule has 7 nitrogen and oxygen atoms in total. The van der Waals surface area contributed by atoms with Gasteiger partial charge in [-0.05, 0) is 23.8 Å². The molecule has 1 saturated heterocycles. The Morgan fingerprint density at radius 3 is 2.28 bits per heavy atom. The summed E-state index contributed by atoms with van der Waals surface area (Å²) in [5.74, 6) is -1.47. The molecule has 2 N–H and O–H groups in total. The zero-order valence-electron chi connectivity index (χ0n) is 16.2. The van der Waals surface area contributed by atoms with Crippen molar-refractivity contribution in [3.05, 3.63) is 40.9 Å². The molecule has 0 bridgehead atoms. The average molecular weight is 402 g/mol. The lowest BCUT2D eigenvalue weighted by Crippen LogP contribution is -2.56. The molecule has 0 spiro atoms. The van der Waals surface area contributed by atoms with Gasteiger partial charge in [0.2, 0.25) is 0 Å². The SMILES string of the molecule is COc1cc(-c2cn(C)c(=O)c3cnc(N4CC(F)(F)C4)cc23)cc(OC)c1N. The van der Waals surface area contributed by atoms with Gasteiger partial charge in [0.25, 0.3) is 11.5 Å². The molecule has 1 fully saturated rings. The summed E-state index contributed by atoms with van der Waals surface area (Å²) in [5.41, 5.74) is 7.58. The number of nitrogens with two attached hydrogens (primary N) is 1. The van der Waals surface area contributed by atoms with Crippen molar-refractivity contribution in [2.45, 2.75) is 5.92 Å². The molecule has 1 aromatic carbocycles. The highest BCUT2D eigenvalue weighted by Gasteiger charge is 2.44. The number of aryl methyl sites for hydroxylation is 1. The van der Waals surface area contributed by atoms with Crippen molar-refractivity contribution in [3.63, 3.8) is 0 Å². The summed E-state index contributed by atoms with van der Waals surface area (Å²) >= 11 is 0. The first-order chi connectivity index (χ1) is 13.7. The van der Waals surface area contributed by atoms with E-state index in [9.17, 15) is 13.6 Å². The van der Waals surface area contributed by atoms with Gasteiger partial charge in [0, 0.05) is 30.4 Å². The monoisotopic (exact) mass is 402 g/mol. The van der Waals surface area contributed by atoms with E-state index in [2.05, 4.69) is 4.98 Å². The lowest BCUT2D eigenvalue weighted by molar-refractivity contribution is -0.0266. The molecule has 0 amide bonds. The van der Waals surface area contributed by atoms with Crippen LogP contribution >= 0.6 is 0 Å². The van der Waals surface area contributed by atoms with E-state index in [-0.39, 0.29) is 5.56 Å². The number of pyridine rings is 2. The fraction of sp³-hybridized carbons (Fsp3) is 0.300. The Morgan fingerprint density at radius 2 is 1.72 bits per heavy atom. The fourth-order valence-corrected chi connectivity index (χ4v) is 3.52. The average Bonchev–Trinajstić information content (AvgIpc) is 2.68. The van der Waals surface area contributed by atoms with Crippen LogP contribution in [0.4, 0.5) is 20.3 Å². The number of nitrogens with zero attached hydrogens (tertiary/aromatic N) is 3. The van der Waals surface area contributed by atoms with Crippen LogP contribution in [-0.4, -0.2) is 42.8 Å². The molecule has 3 aromatic rings. The van der Waals surface area contributed by atoms with Crippen molar-refractivity contribution in [1.29, 1.82) is 0 Å². The molecule has 4 rings (SSSR count). The minimum atomic E-state index is -2.72. The molecule has 29 heavy (non-hydrogen) atoms. The number of hydrogen-bond donors (Lipinski definition) is 1. The molecule has 1 aliphatic rings. The summed E-state index contributed by atoms with van der Waals surface area (Å²) < 4.78 is 38.7. The van der Waals surface area contributed by atoms with Crippen molar-refractivity contribution >= 4 is 22.3 Å². The molecule has 0 radical (unpaired) electrons. The third kappa shape index (κ3) is 3.12. The molecule has 2 aromatic heterocycles. The molecule has 0 aliphatic carbocycles. The van der Waals surface area contributed by atoms with E-state index in [0.29, 0.717) is 44.9 Å². The summed E-state index contributed by atoms with van der Waals surface area (Å²) in [6.45, 7) is -0.787. The van der Waals surface area contributed by atoms with Crippen LogP contribution in [0.25, 0.3) is 21.9 Å². The third-order valence-electron chi connectivity index (χ3n) is 5.08. The van der Waals surface area contributed by atoms with Gasteiger partial charge in [-0.3, -0.25) is 4.79 Å². The van der Waals surface area contributed by atoms with Gasteiger partial charge in [0.15, 0.2) is 0 Å². The van der Waals surface area contributed by atoms with Crippen molar-refractivity contribution in [2.75, 3.05) is 37.9 Å². The van der Waals surface area contributed by atoms with E-state index in [0.717, 1.165) is 0 Å². The topological polar surface area (TPSA) is 82.6 Å². The van der Waals surface area contributed by atoms with Crippen LogP contribution in [0.3, 0.4) is 0 Å². The predicted octanol–water partition coefficient (Wildman–Crippen LogP) is 2.66. The summed E-state index contributed by atoms with van der Waals surface area (Å²) in [7, 11) is 4.64. The van der Waals surface area contributed by atoms with Gasteiger partial charge in [-0.25, -0.2) is 13.8 Å². The zero-order chi connectivity index (χ0) is 20.9. The van der Waals surface area contributed by atoms with E-state index in [1.54, 1.807) is 31.4 Å². The highest BCUT2D eigenvalue weighted by atomic mass is 19.3. The Kier molecular flexibility index (Phi) is 4.33. The largest absolute Gasteiger partial charge is 0.494 e. The number of methoxy groups -OCH3 is 2. The lowest BCUT2D eigenvalue weighted by Gasteiger charge is -2.39. The standard InChI is InChI=1S/C20H20F2N4O3/c1-25-8-14(11-4-15(28-2)18(23)16(5-11)29-3)12-6-17(24-7-13(12)19(25)27)26-9-20(21,22)10-26/h4-8H,9-10,23H2,1-3H3. The molecular formula is C20H20F2N4O3. The fourth-order valence-electron chi connectivity index (χ4n) is 3.52. The third-order valence-corrected chi connectivity index (χ3v) is 5.08. The number of nitrogen functional groups attached to an aromatic ring is 1. The van der Waals surface area contributed by atoms with Crippen LogP contribution in [0.5, 0.6) is 11.5 Å². The Labute approximate surface area is 165 Å². The second kappa shape index (κ2) is 6.61. The van der Waals surface area contributed by atoms with E-state index < -0.39 is 19.0 Å². The van der Waals surface area contributed by atoms with Crippen molar-refractivity contribution in [1.82, 2.24) is 9.55 Å². The van der Waals surface area contributed by atoms with Gasteiger partial charge in [-0.15, -0.1) is 0 Å². The van der Waals surface area contributed by atoms with Gasteiger partial charge in [0.05, 0.1) is 32.7 Å². The minimum Gasteiger partial charge on any atom is -0.494 e. The molecule has 9 heteroatoms. The Bertz CT molecular complexity index is 1140. The number of anilines is 2. The molecule has 0 atom stereocenters. The Morgan fingerprint density at radius 1 is 1.10 bits per heavy atom. The van der Waals surface area contributed by atoms with Crippen molar-refractivity contribution in [2.24, 2.45) is 7.05 Å². The quantitative estimate of drug-likeness (QED) is 0.676. The van der Waals surface area contributed by atoms with Crippen LogP contribution in [0.15, 0.2) is 35.4 Å². The van der Waals surface area contributed by atoms with Gasteiger partial charge < -0.3 is 24.7 Å². The highest BCUT2D eigenvalue weighted by Crippen LogP contribution is 2.39. The number of fused-ring (bicyclic) bond motifs is 1. The van der Waals surface area contributed by atoms with E-state index in [4.69, 9.17) is 15.2 Å². The van der Waals surface area contributed by atoms with Crippen LogP contribution in [-0.2, 0) is 7.05 Å². The second-order valence-electron chi connectivity index (χ2n) is 7.05. The molecule has 0 unspecified atom stereocenters. The maximum Gasteiger partial charge on any atom is 0.282 e. The number of rotatable bonds is 4. The van der Waals surface area contributed by atoms with Crippen LogP contribution in [0, 0.1) is 0 Å². The number of halogens is 2. The van der Waals surface area contributed by atoms with Gasteiger partial charge in [-0.1, -0.05) is 0 Å². The smallest absolute Gasteiger partial charge is 0.282 e. The first-order valence-electron chi connectivity index (χ1n) is 8.88. The van der Waals surface area contributed by atoms with E-state index >= 15 is 0 Å². The number of alkyl halides is 2. The van der Waals surface area contributed by atoms with Crippen molar-refractivity contribution < 1.29 is 18.3 Å². The summed E-state index contributed by atoms with van der Waals surface area (Å²) in [6.07, 6.45) is 3.11. The second-order valence-corrected chi connectivity index (χ2v) is 7.05. The molecule has 1 aliphatic heterocycles. The normalized spacial score (nSPS) is 15.3. The maximum atomic E-state index is 13.3. The van der Waals surface area contributed by atoms with Crippen LogP contribution in [0.1, 0.15) is 0 Å². The van der Waals surface area contributed by atoms with Gasteiger partial charge in [-0.2, -0.15) is 0 Å². The molecular weight excluding hydrogens is 382 g/mol. The lowest BCUT2D eigenvalue weighted by atomic mass is 10.00. The number of benzene rings is 1. The van der Waals surface area contributed by atoms with Gasteiger partial charge >= 0.3 is 0 Å². The first-order valence-corrected chi connectivity index (χ1v) is 8.88. The molecule has 152 valence electrons. The van der Waals surface area contributed by atoms with E-state index in [1.165, 1.54) is 29.9 Å². The minimum absolute atomic E-state index is 0.230. The van der Waals surface area contributed by atoms with E-state index in [1.807, 2.05) is 0 Å².